The first-order valence-corrected chi connectivity index (χ1v) is 7.31. The maximum absolute atomic E-state index is 6.11. The molecule has 0 aliphatic heterocycles. The second-order valence-electron chi connectivity index (χ2n) is 4.37. The number of rotatable bonds is 5. The Balaban J connectivity index is 2.07. The van der Waals surface area contributed by atoms with E-state index in [-0.39, 0.29) is 0 Å². The SMILES string of the molecule is Cn1ccnc1CCC(CCl)c1ccccc1Br. The molecule has 1 aromatic heterocycles. The normalized spacial score (nSPS) is 12.6. The van der Waals surface area contributed by atoms with Crippen LogP contribution in [-0.4, -0.2) is 15.4 Å². The van der Waals surface area contributed by atoms with Crippen LogP contribution in [0.3, 0.4) is 0 Å². The van der Waals surface area contributed by atoms with Crippen LogP contribution in [0.25, 0.3) is 0 Å². The molecule has 0 N–H and O–H groups in total. The number of benzene rings is 1. The highest BCUT2D eigenvalue weighted by atomic mass is 79.9. The zero-order valence-electron chi connectivity index (χ0n) is 10.3. The van der Waals surface area contributed by atoms with E-state index in [4.69, 9.17) is 11.6 Å². The van der Waals surface area contributed by atoms with E-state index in [1.54, 1.807) is 0 Å². The molecule has 0 spiro atoms. The Hall–Kier alpha value is -0.800. The van der Waals surface area contributed by atoms with Gasteiger partial charge in [-0.15, -0.1) is 11.6 Å². The molecule has 0 saturated heterocycles. The average Bonchev–Trinajstić information content (AvgIpc) is 2.78. The summed E-state index contributed by atoms with van der Waals surface area (Å²) in [6.07, 6.45) is 5.77. The molecule has 4 heteroatoms. The van der Waals surface area contributed by atoms with Crippen LogP contribution >= 0.6 is 27.5 Å². The lowest BCUT2D eigenvalue weighted by Crippen LogP contribution is -2.06. The quantitative estimate of drug-likeness (QED) is 0.755. The number of hydrogen-bond donors (Lipinski definition) is 0. The average molecular weight is 328 g/mol. The van der Waals surface area contributed by atoms with Crippen molar-refractivity contribution in [2.75, 3.05) is 5.88 Å². The lowest BCUT2D eigenvalue weighted by molar-refractivity contribution is 0.644. The van der Waals surface area contributed by atoms with Gasteiger partial charge in [0.2, 0.25) is 0 Å². The van der Waals surface area contributed by atoms with Crippen molar-refractivity contribution in [2.45, 2.75) is 18.8 Å². The van der Waals surface area contributed by atoms with Gasteiger partial charge in [0.15, 0.2) is 0 Å². The molecule has 0 aliphatic carbocycles. The third kappa shape index (κ3) is 3.15. The molecule has 1 atom stereocenters. The van der Waals surface area contributed by atoms with Crippen molar-refractivity contribution < 1.29 is 0 Å². The number of imidazole rings is 1. The number of alkyl halides is 1. The molecule has 2 rings (SSSR count). The van der Waals surface area contributed by atoms with Gasteiger partial charge in [-0.05, 0) is 24.0 Å². The monoisotopic (exact) mass is 326 g/mol. The lowest BCUT2D eigenvalue weighted by atomic mass is 9.96. The molecule has 0 aliphatic rings. The fraction of sp³-hybridized carbons (Fsp3) is 0.357. The second kappa shape index (κ2) is 6.39. The molecule has 0 bridgehead atoms. The van der Waals surface area contributed by atoms with E-state index in [0.717, 1.165) is 23.1 Å². The summed E-state index contributed by atoms with van der Waals surface area (Å²) in [5, 5.41) is 0. The molecule has 1 unspecified atom stereocenters. The Kier molecular flexibility index (Phi) is 4.84. The van der Waals surface area contributed by atoms with E-state index in [2.05, 4.69) is 43.7 Å². The van der Waals surface area contributed by atoms with Gasteiger partial charge in [-0.1, -0.05) is 34.1 Å². The Morgan fingerprint density at radius 2 is 2.17 bits per heavy atom. The minimum atomic E-state index is 0.360. The van der Waals surface area contributed by atoms with Crippen LogP contribution < -0.4 is 0 Å². The van der Waals surface area contributed by atoms with Crippen LogP contribution in [0, 0.1) is 0 Å². The summed E-state index contributed by atoms with van der Waals surface area (Å²) < 4.78 is 3.20. The fourth-order valence-electron chi connectivity index (χ4n) is 2.06. The predicted octanol–water partition coefficient (Wildman–Crippen LogP) is 4.14. The Morgan fingerprint density at radius 3 is 2.78 bits per heavy atom. The Bertz CT molecular complexity index is 510. The van der Waals surface area contributed by atoms with Crippen LogP contribution in [0.1, 0.15) is 23.7 Å². The number of aromatic nitrogens is 2. The van der Waals surface area contributed by atoms with Crippen LogP contribution in [0.4, 0.5) is 0 Å². The predicted molar refractivity (Wildman–Crippen MR) is 79.1 cm³/mol. The van der Waals surface area contributed by atoms with E-state index in [1.165, 1.54) is 5.56 Å². The van der Waals surface area contributed by atoms with Gasteiger partial charge in [-0.25, -0.2) is 4.98 Å². The molecule has 2 nitrogen and oxygen atoms in total. The number of aryl methyl sites for hydroxylation is 2. The summed E-state index contributed by atoms with van der Waals surface area (Å²) in [7, 11) is 2.02. The van der Waals surface area contributed by atoms with Crippen LogP contribution in [0.15, 0.2) is 41.1 Å². The zero-order chi connectivity index (χ0) is 13.0. The summed E-state index contributed by atoms with van der Waals surface area (Å²) in [4.78, 5) is 4.35. The maximum Gasteiger partial charge on any atom is 0.108 e. The first-order chi connectivity index (χ1) is 8.72. The van der Waals surface area contributed by atoms with Crippen LogP contribution in [-0.2, 0) is 13.5 Å². The molecule has 2 aromatic rings. The maximum atomic E-state index is 6.11. The van der Waals surface area contributed by atoms with E-state index in [1.807, 2.05) is 25.5 Å². The lowest BCUT2D eigenvalue weighted by Gasteiger charge is -2.15. The van der Waals surface area contributed by atoms with Gasteiger partial charge in [0.1, 0.15) is 5.82 Å². The van der Waals surface area contributed by atoms with Gasteiger partial charge in [0, 0.05) is 36.2 Å². The third-order valence-electron chi connectivity index (χ3n) is 3.17. The van der Waals surface area contributed by atoms with Crippen molar-refractivity contribution in [3.8, 4) is 0 Å². The van der Waals surface area contributed by atoms with Crippen molar-refractivity contribution in [1.82, 2.24) is 9.55 Å². The molecule has 18 heavy (non-hydrogen) atoms. The molecule has 0 fully saturated rings. The molecule has 1 aromatic carbocycles. The third-order valence-corrected chi connectivity index (χ3v) is 4.26. The minimum Gasteiger partial charge on any atom is -0.338 e. The number of halogens is 2. The van der Waals surface area contributed by atoms with Gasteiger partial charge < -0.3 is 4.57 Å². The summed E-state index contributed by atoms with van der Waals surface area (Å²) in [6.45, 7) is 0. The molecule has 0 amide bonds. The summed E-state index contributed by atoms with van der Waals surface area (Å²) in [5.41, 5.74) is 1.28. The fourth-order valence-corrected chi connectivity index (χ4v) is 2.99. The second-order valence-corrected chi connectivity index (χ2v) is 5.53. The van der Waals surface area contributed by atoms with Gasteiger partial charge in [0.05, 0.1) is 0 Å². The molecule has 1 heterocycles. The smallest absolute Gasteiger partial charge is 0.108 e. The highest BCUT2D eigenvalue weighted by Gasteiger charge is 2.14. The number of nitrogens with zero attached hydrogens (tertiary/aromatic N) is 2. The summed E-state index contributed by atoms with van der Waals surface area (Å²) in [5.74, 6) is 2.10. The van der Waals surface area contributed by atoms with Gasteiger partial charge in [-0.2, -0.15) is 0 Å². The molecular weight excluding hydrogens is 312 g/mol. The van der Waals surface area contributed by atoms with Crippen molar-refractivity contribution in [1.29, 1.82) is 0 Å². The van der Waals surface area contributed by atoms with Crippen LogP contribution in [0.2, 0.25) is 0 Å². The largest absolute Gasteiger partial charge is 0.338 e. The molecule has 0 saturated carbocycles. The summed E-state index contributed by atoms with van der Waals surface area (Å²) in [6, 6.07) is 8.28. The van der Waals surface area contributed by atoms with Crippen LogP contribution in [0.5, 0.6) is 0 Å². The highest BCUT2D eigenvalue weighted by molar-refractivity contribution is 9.10. The number of hydrogen-bond acceptors (Lipinski definition) is 1. The zero-order valence-corrected chi connectivity index (χ0v) is 12.7. The standard InChI is InChI=1S/C14H16BrClN2/c1-18-9-8-17-14(18)7-6-11(10-16)12-4-2-3-5-13(12)15/h2-5,8-9,11H,6-7,10H2,1H3. The first-order valence-electron chi connectivity index (χ1n) is 5.99. The van der Waals surface area contributed by atoms with E-state index >= 15 is 0 Å². The topological polar surface area (TPSA) is 17.8 Å². The Labute approximate surface area is 121 Å². The van der Waals surface area contributed by atoms with Gasteiger partial charge in [0.25, 0.3) is 0 Å². The minimum absolute atomic E-state index is 0.360. The van der Waals surface area contributed by atoms with E-state index in [0.29, 0.717) is 11.8 Å². The van der Waals surface area contributed by atoms with Gasteiger partial charge in [-0.3, -0.25) is 0 Å². The highest BCUT2D eigenvalue weighted by Crippen LogP contribution is 2.29. The van der Waals surface area contributed by atoms with E-state index < -0.39 is 0 Å². The molecule has 0 radical (unpaired) electrons. The van der Waals surface area contributed by atoms with Crippen molar-refractivity contribution >= 4 is 27.5 Å². The molecular formula is C14H16BrClN2. The van der Waals surface area contributed by atoms with Crippen molar-refractivity contribution in [3.05, 3.63) is 52.5 Å². The van der Waals surface area contributed by atoms with Crippen molar-refractivity contribution in [3.63, 3.8) is 0 Å². The van der Waals surface area contributed by atoms with E-state index in [9.17, 15) is 0 Å². The first kappa shape index (κ1) is 13.6. The Morgan fingerprint density at radius 1 is 1.39 bits per heavy atom. The van der Waals surface area contributed by atoms with Gasteiger partial charge >= 0.3 is 0 Å². The summed E-state index contributed by atoms with van der Waals surface area (Å²) >= 11 is 9.70. The van der Waals surface area contributed by atoms with Crippen molar-refractivity contribution in [2.24, 2.45) is 7.05 Å². The molecule has 96 valence electrons.